The molecular formula is C17H26N4O. The van der Waals surface area contributed by atoms with Gasteiger partial charge < -0.3 is 4.90 Å². The number of rotatable bonds is 7. The predicted octanol–water partition coefficient (Wildman–Crippen LogP) is 3.49. The maximum absolute atomic E-state index is 12.8. The number of amides is 1. The van der Waals surface area contributed by atoms with Crippen LogP contribution in [0.25, 0.3) is 11.0 Å². The van der Waals surface area contributed by atoms with Crippen LogP contribution in [0.5, 0.6) is 0 Å². The average molecular weight is 302 g/mol. The third-order valence-electron chi connectivity index (χ3n) is 4.20. The second-order valence-electron chi connectivity index (χ2n) is 5.72. The van der Waals surface area contributed by atoms with E-state index in [-0.39, 0.29) is 11.9 Å². The zero-order valence-corrected chi connectivity index (χ0v) is 14.0. The maximum Gasteiger partial charge on any atom is 0.254 e. The Balaban J connectivity index is 2.29. The number of aryl methyl sites for hydroxylation is 1. The number of hydrogen-bond donors (Lipinski definition) is 0. The first-order valence-electron chi connectivity index (χ1n) is 8.26. The van der Waals surface area contributed by atoms with Crippen molar-refractivity contribution in [1.82, 2.24) is 19.9 Å². The van der Waals surface area contributed by atoms with Gasteiger partial charge in [-0.1, -0.05) is 25.5 Å². The van der Waals surface area contributed by atoms with Gasteiger partial charge in [0.1, 0.15) is 5.52 Å². The fourth-order valence-corrected chi connectivity index (χ4v) is 2.58. The highest BCUT2D eigenvalue weighted by molar-refractivity contribution is 5.97. The van der Waals surface area contributed by atoms with Gasteiger partial charge >= 0.3 is 0 Å². The highest BCUT2D eigenvalue weighted by Crippen LogP contribution is 2.17. The Labute approximate surface area is 132 Å². The number of nitrogens with zero attached hydrogens (tertiary/aromatic N) is 4. The Bertz CT molecular complexity index is 635. The molecule has 0 fully saturated rings. The summed E-state index contributed by atoms with van der Waals surface area (Å²) in [5.74, 6) is 0.0933. The van der Waals surface area contributed by atoms with Gasteiger partial charge in [-0.2, -0.15) is 0 Å². The van der Waals surface area contributed by atoms with Gasteiger partial charge in [0.05, 0.1) is 5.52 Å². The van der Waals surface area contributed by atoms with Crippen LogP contribution in [0.3, 0.4) is 0 Å². The molecule has 120 valence electrons. The number of hydrogen-bond acceptors (Lipinski definition) is 3. The zero-order chi connectivity index (χ0) is 16.1. The molecule has 0 spiro atoms. The van der Waals surface area contributed by atoms with E-state index in [4.69, 9.17) is 0 Å². The molecule has 0 saturated heterocycles. The fraction of sp³-hybridized carbons (Fsp3) is 0.588. The van der Waals surface area contributed by atoms with Crippen LogP contribution in [0, 0.1) is 0 Å². The quantitative estimate of drug-likeness (QED) is 0.786. The van der Waals surface area contributed by atoms with Crippen LogP contribution in [0.2, 0.25) is 0 Å². The summed E-state index contributed by atoms with van der Waals surface area (Å²) in [7, 11) is 0. The molecule has 5 nitrogen and oxygen atoms in total. The smallest absolute Gasteiger partial charge is 0.254 e. The molecule has 22 heavy (non-hydrogen) atoms. The van der Waals surface area contributed by atoms with Gasteiger partial charge in [0, 0.05) is 24.7 Å². The van der Waals surface area contributed by atoms with E-state index in [1.54, 1.807) is 0 Å². The Kier molecular flexibility index (Phi) is 5.52. The third kappa shape index (κ3) is 3.29. The molecule has 2 aromatic rings. The number of benzene rings is 1. The highest BCUT2D eigenvalue weighted by atomic mass is 16.2. The molecule has 1 heterocycles. The molecule has 0 aliphatic heterocycles. The van der Waals surface area contributed by atoms with Gasteiger partial charge in [-0.25, -0.2) is 4.68 Å². The van der Waals surface area contributed by atoms with E-state index < -0.39 is 0 Å². The number of carbonyl (C=O) groups is 1. The van der Waals surface area contributed by atoms with Crippen LogP contribution in [-0.4, -0.2) is 38.4 Å². The SMILES string of the molecule is CCCCN(C(=O)c1ccc2c(c1)nnn2CC)C(C)CC. The topological polar surface area (TPSA) is 51.0 Å². The Morgan fingerprint density at radius 3 is 2.73 bits per heavy atom. The lowest BCUT2D eigenvalue weighted by molar-refractivity contribution is 0.0685. The molecule has 0 aliphatic rings. The lowest BCUT2D eigenvalue weighted by Gasteiger charge is -2.28. The summed E-state index contributed by atoms with van der Waals surface area (Å²) in [6.45, 7) is 9.99. The minimum atomic E-state index is 0.0933. The summed E-state index contributed by atoms with van der Waals surface area (Å²) < 4.78 is 1.84. The normalized spacial score (nSPS) is 12.5. The fourth-order valence-electron chi connectivity index (χ4n) is 2.58. The van der Waals surface area contributed by atoms with Crippen LogP contribution in [0.1, 0.15) is 57.3 Å². The van der Waals surface area contributed by atoms with Crippen molar-refractivity contribution in [3.63, 3.8) is 0 Å². The second-order valence-corrected chi connectivity index (χ2v) is 5.72. The standard InChI is InChI=1S/C17H26N4O/c1-5-8-11-20(13(4)6-2)17(22)14-9-10-16-15(12-14)18-19-21(16)7-3/h9-10,12-13H,5-8,11H2,1-4H3. The van der Waals surface area contributed by atoms with Gasteiger partial charge in [-0.15, -0.1) is 5.10 Å². The lowest BCUT2D eigenvalue weighted by Crippen LogP contribution is -2.39. The summed E-state index contributed by atoms with van der Waals surface area (Å²) >= 11 is 0. The first kappa shape index (κ1) is 16.5. The lowest BCUT2D eigenvalue weighted by atomic mass is 10.1. The molecule has 0 saturated carbocycles. The van der Waals surface area contributed by atoms with E-state index in [9.17, 15) is 4.79 Å². The Morgan fingerprint density at radius 2 is 2.09 bits per heavy atom. The number of fused-ring (bicyclic) bond motifs is 1. The van der Waals surface area contributed by atoms with Gasteiger partial charge in [0.25, 0.3) is 5.91 Å². The first-order chi connectivity index (χ1) is 10.6. The van der Waals surface area contributed by atoms with Gasteiger partial charge in [0.15, 0.2) is 0 Å². The first-order valence-corrected chi connectivity index (χ1v) is 8.26. The van der Waals surface area contributed by atoms with Crippen molar-refractivity contribution < 1.29 is 4.79 Å². The van der Waals surface area contributed by atoms with Gasteiger partial charge in [-0.3, -0.25) is 4.79 Å². The van der Waals surface area contributed by atoms with E-state index in [1.165, 1.54) is 0 Å². The third-order valence-corrected chi connectivity index (χ3v) is 4.20. The molecule has 1 atom stereocenters. The van der Waals surface area contributed by atoms with Crippen LogP contribution in [0.4, 0.5) is 0 Å². The van der Waals surface area contributed by atoms with Crippen molar-refractivity contribution in [2.24, 2.45) is 0 Å². The van der Waals surface area contributed by atoms with E-state index >= 15 is 0 Å². The molecular weight excluding hydrogens is 276 g/mol. The summed E-state index contributed by atoms with van der Waals surface area (Å²) in [4.78, 5) is 14.8. The van der Waals surface area contributed by atoms with E-state index in [0.717, 1.165) is 43.4 Å². The molecule has 1 aromatic carbocycles. The molecule has 1 aromatic heterocycles. The molecule has 0 N–H and O–H groups in total. The Morgan fingerprint density at radius 1 is 1.32 bits per heavy atom. The molecule has 0 aliphatic carbocycles. The van der Waals surface area contributed by atoms with Crippen LogP contribution >= 0.6 is 0 Å². The highest BCUT2D eigenvalue weighted by Gasteiger charge is 2.20. The summed E-state index contributed by atoms with van der Waals surface area (Å²) in [5.41, 5.74) is 2.46. The van der Waals surface area contributed by atoms with Gasteiger partial charge in [0.2, 0.25) is 0 Å². The van der Waals surface area contributed by atoms with Crippen molar-refractivity contribution >= 4 is 16.9 Å². The summed E-state index contributed by atoms with van der Waals surface area (Å²) in [6.07, 6.45) is 3.08. The van der Waals surface area contributed by atoms with Crippen LogP contribution in [0.15, 0.2) is 18.2 Å². The van der Waals surface area contributed by atoms with E-state index in [1.807, 2.05) is 34.7 Å². The van der Waals surface area contributed by atoms with Crippen LogP contribution < -0.4 is 0 Å². The van der Waals surface area contributed by atoms with Crippen molar-refractivity contribution in [2.45, 2.75) is 59.5 Å². The van der Waals surface area contributed by atoms with Crippen molar-refractivity contribution in [2.75, 3.05) is 6.54 Å². The molecule has 2 rings (SSSR count). The number of carbonyl (C=O) groups excluding carboxylic acids is 1. The monoisotopic (exact) mass is 302 g/mol. The summed E-state index contributed by atoms with van der Waals surface area (Å²) in [6, 6.07) is 5.95. The molecule has 5 heteroatoms. The molecule has 1 amide bonds. The van der Waals surface area contributed by atoms with Crippen LogP contribution in [-0.2, 0) is 6.54 Å². The van der Waals surface area contributed by atoms with E-state index in [0.29, 0.717) is 5.56 Å². The van der Waals surface area contributed by atoms with E-state index in [2.05, 4.69) is 31.1 Å². The van der Waals surface area contributed by atoms with Crippen molar-refractivity contribution in [3.05, 3.63) is 23.8 Å². The molecule has 0 radical (unpaired) electrons. The average Bonchev–Trinajstić information content (AvgIpc) is 2.96. The predicted molar refractivity (Wildman–Crippen MR) is 88.9 cm³/mol. The summed E-state index contributed by atoms with van der Waals surface area (Å²) in [5, 5.41) is 8.26. The van der Waals surface area contributed by atoms with Crippen molar-refractivity contribution in [3.8, 4) is 0 Å². The number of unbranched alkanes of at least 4 members (excludes halogenated alkanes) is 1. The number of aromatic nitrogens is 3. The Hall–Kier alpha value is -1.91. The van der Waals surface area contributed by atoms with Crippen molar-refractivity contribution in [1.29, 1.82) is 0 Å². The zero-order valence-electron chi connectivity index (χ0n) is 14.0. The van der Waals surface area contributed by atoms with Gasteiger partial charge in [-0.05, 0) is 44.9 Å². The minimum absolute atomic E-state index is 0.0933. The minimum Gasteiger partial charge on any atom is -0.336 e. The largest absolute Gasteiger partial charge is 0.336 e. The molecule has 1 unspecified atom stereocenters. The second kappa shape index (κ2) is 7.38. The maximum atomic E-state index is 12.8. The molecule has 0 bridgehead atoms.